The normalized spacial score (nSPS) is 13.4. The molecule has 90 valence electrons. The van der Waals surface area contributed by atoms with Crippen LogP contribution in [-0.2, 0) is 9.84 Å². The Morgan fingerprint density at radius 2 is 2.25 bits per heavy atom. The molecule has 5 nitrogen and oxygen atoms in total. The minimum Gasteiger partial charge on any atom is -0.356 e. The molecule has 0 aliphatic heterocycles. The number of carbonyl (C=O) groups excluding carboxylic acids is 1. The summed E-state index contributed by atoms with van der Waals surface area (Å²) in [6.45, 7) is 1.65. The molecule has 2 N–H and O–H groups in total. The molecule has 1 atom stereocenters. The zero-order valence-corrected chi connectivity index (χ0v) is 11.4. The van der Waals surface area contributed by atoms with Gasteiger partial charge in [0.2, 0.25) is 0 Å². The zero-order valence-electron chi connectivity index (χ0n) is 8.95. The molecule has 0 aliphatic rings. The fourth-order valence-corrected chi connectivity index (χ4v) is 2.63. The van der Waals surface area contributed by atoms with Gasteiger partial charge < -0.3 is 10.3 Å². The SMILES string of the molecule is CC(CS(C)(=O)=O)NC(=O)c1cc(Br)c[nH]1. The quantitative estimate of drug-likeness (QED) is 0.869. The first-order valence-corrected chi connectivity index (χ1v) is 7.46. The summed E-state index contributed by atoms with van der Waals surface area (Å²) in [7, 11) is -3.08. The highest BCUT2D eigenvalue weighted by Gasteiger charge is 2.15. The maximum atomic E-state index is 11.6. The van der Waals surface area contributed by atoms with Gasteiger partial charge in [0.25, 0.3) is 5.91 Å². The smallest absolute Gasteiger partial charge is 0.267 e. The van der Waals surface area contributed by atoms with Crippen molar-refractivity contribution in [3.8, 4) is 0 Å². The van der Waals surface area contributed by atoms with Crippen LogP contribution in [0.4, 0.5) is 0 Å². The Hall–Kier alpha value is -0.820. The number of sulfone groups is 1. The second-order valence-corrected chi connectivity index (χ2v) is 6.80. The Bertz CT molecular complexity index is 481. The molecule has 1 unspecified atom stereocenters. The lowest BCUT2D eigenvalue weighted by atomic mass is 10.3. The third-order valence-corrected chi connectivity index (χ3v) is 3.39. The molecule has 0 radical (unpaired) electrons. The Morgan fingerprint density at radius 3 is 2.69 bits per heavy atom. The number of nitrogens with one attached hydrogen (secondary N) is 2. The van der Waals surface area contributed by atoms with Gasteiger partial charge in [0.15, 0.2) is 0 Å². The Labute approximate surface area is 103 Å². The lowest BCUT2D eigenvalue weighted by molar-refractivity contribution is 0.0939. The monoisotopic (exact) mass is 308 g/mol. The van der Waals surface area contributed by atoms with Crippen LogP contribution in [0.5, 0.6) is 0 Å². The molecular weight excluding hydrogens is 296 g/mol. The number of halogens is 1. The summed E-state index contributed by atoms with van der Waals surface area (Å²) in [5.41, 5.74) is 0.396. The highest BCUT2D eigenvalue weighted by Crippen LogP contribution is 2.10. The first-order chi connectivity index (χ1) is 7.28. The minimum absolute atomic E-state index is 0.0688. The van der Waals surface area contributed by atoms with Crippen molar-refractivity contribution in [3.63, 3.8) is 0 Å². The average molecular weight is 309 g/mol. The Balaban J connectivity index is 2.58. The number of H-pyrrole nitrogens is 1. The third-order valence-electron chi connectivity index (χ3n) is 1.82. The van der Waals surface area contributed by atoms with E-state index in [9.17, 15) is 13.2 Å². The van der Waals surface area contributed by atoms with Crippen LogP contribution in [0, 0.1) is 0 Å². The van der Waals surface area contributed by atoms with Crippen molar-refractivity contribution in [2.24, 2.45) is 0 Å². The molecule has 0 fully saturated rings. The number of hydrogen-bond acceptors (Lipinski definition) is 3. The van der Waals surface area contributed by atoms with E-state index >= 15 is 0 Å². The number of rotatable bonds is 4. The lowest BCUT2D eigenvalue weighted by Gasteiger charge is -2.11. The molecule has 1 amide bonds. The standard InChI is InChI=1S/C9H13BrN2O3S/c1-6(5-16(2,14)15)12-9(13)8-3-7(10)4-11-8/h3-4,6,11H,5H2,1-2H3,(H,12,13). The number of carbonyl (C=O) groups is 1. The highest BCUT2D eigenvalue weighted by atomic mass is 79.9. The van der Waals surface area contributed by atoms with Crippen molar-refractivity contribution in [1.82, 2.24) is 10.3 Å². The molecule has 0 aromatic carbocycles. The van der Waals surface area contributed by atoms with Crippen LogP contribution in [0.3, 0.4) is 0 Å². The summed E-state index contributed by atoms with van der Waals surface area (Å²) < 4.78 is 22.8. The molecule has 0 aliphatic carbocycles. The van der Waals surface area contributed by atoms with E-state index in [4.69, 9.17) is 0 Å². The lowest BCUT2D eigenvalue weighted by Crippen LogP contribution is -2.37. The van der Waals surface area contributed by atoms with E-state index in [0.717, 1.165) is 10.7 Å². The van der Waals surface area contributed by atoms with Gasteiger partial charge in [-0.1, -0.05) is 0 Å². The number of aromatic nitrogens is 1. The van der Waals surface area contributed by atoms with E-state index in [2.05, 4.69) is 26.2 Å². The van der Waals surface area contributed by atoms with E-state index in [1.165, 1.54) is 0 Å². The van der Waals surface area contributed by atoms with E-state index in [1.54, 1.807) is 19.2 Å². The second kappa shape index (κ2) is 5.01. The predicted molar refractivity (Wildman–Crippen MR) is 65.1 cm³/mol. The van der Waals surface area contributed by atoms with Crippen molar-refractivity contribution in [3.05, 3.63) is 22.4 Å². The summed E-state index contributed by atoms with van der Waals surface area (Å²) in [6.07, 6.45) is 2.77. The van der Waals surface area contributed by atoms with E-state index in [-0.39, 0.29) is 11.7 Å². The summed E-state index contributed by atoms with van der Waals surface area (Å²) in [5.74, 6) is -0.387. The van der Waals surface area contributed by atoms with E-state index < -0.39 is 15.9 Å². The van der Waals surface area contributed by atoms with Gasteiger partial charge in [-0.3, -0.25) is 4.79 Å². The molecule has 1 aromatic rings. The molecule has 1 aromatic heterocycles. The van der Waals surface area contributed by atoms with Gasteiger partial charge in [-0.05, 0) is 28.9 Å². The molecule has 7 heteroatoms. The van der Waals surface area contributed by atoms with Gasteiger partial charge >= 0.3 is 0 Å². The van der Waals surface area contributed by atoms with E-state index in [0.29, 0.717) is 5.69 Å². The fraction of sp³-hybridized carbons (Fsp3) is 0.444. The molecule has 1 heterocycles. The number of aromatic amines is 1. The van der Waals surface area contributed by atoms with Crippen molar-refractivity contribution in [2.75, 3.05) is 12.0 Å². The predicted octanol–water partition coefficient (Wildman–Crippen LogP) is 0.940. The highest BCUT2D eigenvalue weighted by molar-refractivity contribution is 9.10. The minimum atomic E-state index is -3.08. The van der Waals surface area contributed by atoms with Crippen LogP contribution in [0.1, 0.15) is 17.4 Å². The van der Waals surface area contributed by atoms with Crippen LogP contribution in [0.25, 0.3) is 0 Å². The second-order valence-electron chi connectivity index (χ2n) is 3.70. The molecule has 0 spiro atoms. The number of hydrogen-bond donors (Lipinski definition) is 2. The molecule has 16 heavy (non-hydrogen) atoms. The summed E-state index contributed by atoms with van der Waals surface area (Å²) in [6, 6.07) is 1.22. The number of amides is 1. The van der Waals surface area contributed by atoms with Crippen molar-refractivity contribution >= 4 is 31.7 Å². The fourth-order valence-electron chi connectivity index (χ4n) is 1.30. The van der Waals surface area contributed by atoms with Crippen molar-refractivity contribution in [1.29, 1.82) is 0 Å². The van der Waals surface area contributed by atoms with Crippen molar-refractivity contribution in [2.45, 2.75) is 13.0 Å². The van der Waals surface area contributed by atoms with Gasteiger partial charge in [0.05, 0.1) is 5.75 Å². The Morgan fingerprint density at radius 1 is 1.62 bits per heavy atom. The van der Waals surface area contributed by atoms with Gasteiger partial charge in [0, 0.05) is 23.0 Å². The van der Waals surface area contributed by atoms with Crippen LogP contribution < -0.4 is 5.32 Å². The first kappa shape index (κ1) is 13.2. The van der Waals surface area contributed by atoms with Crippen LogP contribution in [0.2, 0.25) is 0 Å². The largest absolute Gasteiger partial charge is 0.356 e. The van der Waals surface area contributed by atoms with Crippen LogP contribution >= 0.6 is 15.9 Å². The topological polar surface area (TPSA) is 79.0 Å². The third kappa shape index (κ3) is 4.36. The van der Waals surface area contributed by atoms with Gasteiger partial charge in [-0.15, -0.1) is 0 Å². The van der Waals surface area contributed by atoms with Crippen LogP contribution in [0.15, 0.2) is 16.7 Å². The molecule has 0 bridgehead atoms. The van der Waals surface area contributed by atoms with E-state index in [1.807, 2.05) is 0 Å². The summed E-state index contributed by atoms with van der Waals surface area (Å²) in [4.78, 5) is 14.4. The average Bonchev–Trinajstić information content (AvgIpc) is 2.47. The maximum Gasteiger partial charge on any atom is 0.267 e. The van der Waals surface area contributed by atoms with Gasteiger partial charge in [-0.2, -0.15) is 0 Å². The van der Waals surface area contributed by atoms with Gasteiger partial charge in [0.1, 0.15) is 15.5 Å². The Kier molecular flexibility index (Phi) is 4.15. The molecule has 0 saturated carbocycles. The van der Waals surface area contributed by atoms with Crippen LogP contribution in [-0.4, -0.2) is 37.4 Å². The molecule has 0 saturated heterocycles. The van der Waals surface area contributed by atoms with Gasteiger partial charge in [-0.25, -0.2) is 8.42 Å². The molecule has 1 rings (SSSR count). The zero-order chi connectivity index (χ0) is 12.3. The summed E-state index contributed by atoms with van der Waals surface area (Å²) in [5, 5.41) is 2.60. The molecular formula is C9H13BrN2O3S. The first-order valence-electron chi connectivity index (χ1n) is 4.60. The maximum absolute atomic E-state index is 11.6. The van der Waals surface area contributed by atoms with Crippen molar-refractivity contribution < 1.29 is 13.2 Å². The summed E-state index contributed by atoms with van der Waals surface area (Å²) >= 11 is 3.21.